The second-order valence-corrected chi connectivity index (χ2v) is 4.67. The molecule has 0 saturated heterocycles. The highest BCUT2D eigenvalue weighted by molar-refractivity contribution is 6.32. The SMILES string of the molecule is CC/C=C\C(=C(/C)Cl)c1cc(N)c2nccn2c1. The Morgan fingerprint density at radius 1 is 1.56 bits per heavy atom. The first-order valence-electron chi connectivity index (χ1n) is 5.89. The van der Waals surface area contributed by atoms with E-state index in [1.165, 1.54) is 0 Å². The van der Waals surface area contributed by atoms with Crippen molar-refractivity contribution >= 4 is 28.5 Å². The van der Waals surface area contributed by atoms with Crippen LogP contribution < -0.4 is 5.73 Å². The van der Waals surface area contributed by atoms with Gasteiger partial charge >= 0.3 is 0 Å². The summed E-state index contributed by atoms with van der Waals surface area (Å²) in [4.78, 5) is 4.20. The van der Waals surface area contributed by atoms with Crippen LogP contribution in [-0.4, -0.2) is 9.38 Å². The van der Waals surface area contributed by atoms with E-state index in [4.69, 9.17) is 17.3 Å². The van der Waals surface area contributed by atoms with Gasteiger partial charge in [0.2, 0.25) is 0 Å². The Morgan fingerprint density at radius 2 is 2.33 bits per heavy atom. The van der Waals surface area contributed by atoms with Crippen LogP contribution in [0.5, 0.6) is 0 Å². The molecule has 18 heavy (non-hydrogen) atoms. The predicted molar refractivity (Wildman–Crippen MR) is 77.5 cm³/mol. The van der Waals surface area contributed by atoms with Crippen LogP contribution in [0.3, 0.4) is 0 Å². The molecule has 2 aromatic heterocycles. The van der Waals surface area contributed by atoms with Crippen molar-refractivity contribution in [3.8, 4) is 0 Å². The van der Waals surface area contributed by atoms with E-state index in [0.29, 0.717) is 5.69 Å². The zero-order valence-corrected chi connectivity index (χ0v) is 11.3. The lowest BCUT2D eigenvalue weighted by molar-refractivity contribution is 1.18. The summed E-state index contributed by atoms with van der Waals surface area (Å²) in [5.41, 5.74) is 9.40. The first-order chi connectivity index (χ1) is 8.63. The van der Waals surface area contributed by atoms with E-state index >= 15 is 0 Å². The van der Waals surface area contributed by atoms with E-state index in [1.807, 2.05) is 35.9 Å². The molecule has 2 N–H and O–H groups in total. The Bertz CT molecular complexity index is 619. The second-order valence-electron chi connectivity index (χ2n) is 4.10. The molecule has 0 radical (unpaired) electrons. The van der Waals surface area contributed by atoms with Gasteiger partial charge in [-0.1, -0.05) is 30.7 Å². The van der Waals surface area contributed by atoms with Crippen molar-refractivity contribution in [2.45, 2.75) is 20.3 Å². The molecule has 0 unspecified atom stereocenters. The van der Waals surface area contributed by atoms with Gasteiger partial charge in [-0.25, -0.2) is 4.98 Å². The number of hydrogen-bond donors (Lipinski definition) is 1. The van der Waals surface area contributed by atoms with Crippen molar-refractivity contribution < 1.29 is 0 Å². The number of anilines is 1. The quantitative estimate of drug-likeness (QED) is 0.853. The highest BCUT2D eigenvalue weighted by Gasteiger charge is 2.06. The molecule has 0 aromatic carbocycles. The molecular weight excluding hydrogens is 246 g/mol. The molecule has 0 amide bonds. The number of fused-ring (bicyclic) bond motifs is 1. The van der Waals surface area contributed by atoms with Gasteiger partial charge < -0.3 is 10.1 Å². The first-order valence-corrected chi connectivity index (χ1v) is 6.26. The number of nitrogens with zero attached hydrogens (tertiary/aromatic N) is 2. The smallest absolute Gasteiger partial charge is 0.160 e. The van der Waals surface area contributed by atoms with Gasteiger partial charge in [0.25, 0.3) is 0 Å². The maximum atomic E-state index is 6.15. The van der Waals surface area contributed by atoms with Gasteiger partial charge in [-0.15, -0.1) is 0 Å². The fourth-order valence-corrected chi connectivity index (χ4v) is 2.03. The van der Waals surface area contributed by atoms with Crippen molar-refractivity contribution in [1.29, 1.82) is 0 Å². The molecule has 0 spiro atoms. The zero-order valence-electron chi connectivity index (χ0n) is 10.5. The van der Waals surface area contributed by atoms with Crippen LogP contribution >= 0.6 is 11.6 Å². The number of hydrogen-bond acceptors (Lipinski definition) is 2. The number of halogens is 1. The third-order valence-corrected chi connectivity index (χ3v) is 2.92. The number of rotatable bonds is 3. The topological polar surface area (TPSA) is 43.3 Å². The van der Waals surface area contributed by atoms with E-state index in [-0.39, 0.29) is 0 Å². The predicted octanol–water partition coefficient (Wildman–Crippen LogP) is 3.85. The van der Waals surface area contributed by atoms with E-state index in [9.17, 15) is 0 Å². The summed E-state index contributed by atoms with van der Waals surface area (Å²) in [7, 11) is 0. The molecule has 2 aromatic rings. The fourth-order valence-electron chi connectivity index (χ4n) is 1.85. The first kappa shape index (κ1) is 12.7. The molecule has 0 saturated carbocycles. The minimum absolute atomic E-state index is 0.651. The van der Waals surface area contributed by atoms with Crippen molar-refractivity contribution in [2.24, 2.45) is 0 Å². The van der Waals surface area contributed by atoms with Crippen molar-refractivity contribution in [3.63, 3.8) is 0 Å². The van der Waals surface area contributed by atoms with Crippen LogP contribution in [-0.2, 0) is 0 Å². The molecule has 3 nitrogen and oxygen atoms in total. The van der Waals surface area contributed by atoms with Crippen LogP contribution in [0.1, 0.15) is 25.8 Å². The summed E-state index contributed by atoms with van der Waals surface area (Å²) >= 11 is 6.15. The number of aromatic nitrogens is 2. The van der Waals surface area contributed by atoms with Crippen LogP contribution in [0.25, 0.3) is 11.2 Å². The van der Waals surface area contributed by atoms with Gasteiger partial charge in [0, 0.05) is 29.2 Å². The highest BCUT2D eigenvalue weighted by Crippen LogP contribution is 2.26. The minimum Gasteiger partial charge on any atom is -0.396 e. The average Bonchev–Trinajstić information content (AvgIpc) is 2.78. The van der Waals surface area contributed by atoms with Gasteiger partial charge in [0.15, 0.2) is 5.65 Å². The number of nitrogens with two attached hydrogens (primary N) is 1. The minimum atomic E-state index is 0.651. The van der Waals surface area contributed by atoms with Crippen LogP contribution in [0, 0.1) is 0 Å². The Balaban J connectivity index is 2.58. The van der Waals surface area contributed by atoms with Gasteiger partial charge in [-0.05, 0) is 25.0 Å². The Hall–Kier alpha value is -1.74. The monoisotopic (exact) mass is 261 g/mol. The Labute approximate surface area is 112 Å². The molecule has 0 fully saturated rings. The molecule has 0 aliphatic rings. The molecule has 0 aliphatic carbocycles. The van der Waals surface area contributed by atoms with E-state index in [2.05, 4.69) is 18.0 Å². The number of allylic oxidation sites excluding steroid dienone is 4. The summed E-state index contributed by atoms with van der Waals surface area (Å²) in [6, 6.07) is 1.91. The average molecular weight is 262 g/mol. The normalized spacial score (nSPS) is 13.3. The summed E-state index contributed by atoms with van der Waals surface area (Å²) in [5, 5.41) is 0.749. The molecule has 94 valence electrons. The Kier molecular flexibility index (Phi) is 3.72. The zero-order chi connectivity index (χ0) is 13.1. The largest absolute Gasteiger partial charge is 0.396 e. The summed E-state index contributed by atoms with van der Waals surface area (Å²) in [5.74, 6) is 0. The third kappa shape index (κ3) is 2.41. The lowest BCUT2D eigenvalue weighted by Crippen LogP contribution is -1.96. The van der Waals surface area contributed by atoms with Crippen LogP contribution in [0.15, 0.2) is 41.8 Å². The molecule has 4 heteroatoms. The second kappa shape index (κ2) is 5.27. The number of nitrogen functional groups attached to an aromatic ring is 1. The fraction of sp³-hybridized carbons (Fsp3) is 0.214. The van der Waals surface area contributed by atoms with Crippen LogP contribution in [0.2, 0.25) is 0 Å². The van der Waals surface area contributed by atoms with E-state index < -0.39 is 0 Å². The number of pyridine rings is 1. The van der Waals surface area contributed by atoms with Crippen molar-refractivity contribution in [1.82, 2.24) is 9.38 Å². The summed E-state index contributed by atoms with van der Waals surface area (Å²) in [6.07, 6.45) is 10.7. The summed E-state index contributed by atoms with van der Waals surface area (Å²) < 4.78 is 1.91. The Morgan fingerprint density at radius 3 is 3.00 bits per heavy atom. The van der Waals surface area contributed by atoms with Gasteiger partial charge in [-0.3, -0.25) is 0 Å². The van der Waals surface area contributed by atoms with Crippen molar-refractivity contribution in [3.05, 3.63) is 47.4 Å². The van der Waals surface area contributed by atoms with E-state index in [0.717, 1.165) is 28.2 Å². The maximum absolute atomic E-state index is 6.15. The molecule has 0 atom stereocenters. The standard InChI is InChI=1S/C14H16ClN3/c1-3-4-5-12(10(2)15)11-8-13(16)14-17-6-7-18(14)9-11/h4-9H,3,16H2,1-2H3/b5-4-,12-10-. The van der Waals surface area contributed by atoms with E-state index in [1.54, 1.807) is 6.20 Å². The maximum Gasteiger partial charge on any atom is 0.160 e. The summed E-state index contributed by atoms with van der Waals surface area (Å²) in [6.45, 7) is 3.97. The van der Waals surface area contributed by atoms with Gasteiger partial charge in [0.05, 0.1) is 5.69 Å². The highest BCUT2D eigenvalue weighted by atomic mass is 35.5. The molecular formula is C14H16ClN3. The van der Waals surface area contributed by atoms with Crippen LogP contribution in [0.4, 0.5) is 5.69 Å². The molecule has 2 heterocycles. The van der Waals surface area contributed by atoms with Gasteiger partial charge in [0.1, 0.15) is 0 Å². The van der Waals surface area contributed by atoms with Crippen molar-refractivity contribution in [2.75, 3.05) is 5.73 Å². The molecule has 0 bridgehead atoms. The number of imidazole rings is 1. The van der Waals surface area contributed by atoms with Gasteiger partial charge in [-0.2, -0.15) is 0 Å². The molecule has 0 aliphatic heterocycles. The lowest BCUT2D eigenvalue weighted by Gasteiger charge is -2.07. The molecule has 2 rings (SSSR count). The third-order valence-electron chi connectivity index (χ3n) is 2.72. The lowest BCUT2D eigenvalue weighted by atomic mass is 10.1.